The molecular weight excluding hydrogens is 189 g/mol. The number of carboxylic acids is 1. The number of rotatable bonds is 1. The summed E-state index contributed by atoms with van der Waals surface area (Å²) in [4.78, 5) is 13.8. The van der Waals surface area contributed by atoms with E-state index in [9.17, 15) is 4.79 Å². The summed E-state index contributed by atoms with van der Waals surface area (Å²) in [7, 11) is 0. The van der Waals surface area contributed by atoms with E-state index in [4.69, 9.17) is 31.0 Å². The normalized spacial score (nSPS) is 12.2. The molecule has 0 radical (unpaired) electrons. The van der Waals surface area contributed by atoms with Gasteiger partial charge in [-0.3, -0.25) is 0 Å². The van der Waals surface area contributed by atoms with Crippen molar-refractivity contribution in [2.24, 2.45) is 0 Å². The first-order valence-corrected chi connectivity index (χ1v) is 3.26. The highest BCUT2D eigenvalue weighted by Crippen LogP contribution is 2.16. The topological polar surface area (TPSA) is 50.2 Å². The Morgan fingerprint density at radius 1 is 1.64 bits per heavy atom. The molecule has 58 valence electrons. The first-order valence-electron chi connectivity index (χ1n) is 3.50. The highest BCUT2D eigenvalue weighted by molar-refractivity contribution is 6.34. The van der Waals surface area contributed by atoms with Gasteiger partial charge in [-0.15, -0.1) is 0 Å². The number of carbonyl (C=O) groups is 1. The van der Waals surface area contributed by atoms with E-state index in [1.54, 1.807) is 0 Å². The van der Waals surface area contributed by atoms with E-state index in [-0.39, 0.29) is 16.2 Å². The fourth-order valence-corrected chi connectivity index (χ4v) is 0.785. The number of hydrogen-bond donors (Lipinski definition) is 1. The largest absolute Gasteiger partial charge is 0.476 e. The van der Waals surface area contributed by atoms with Gasteiger partial charge in [-0.05, 0) is 12.1 Å². The van der Waals surface area contributed by atoms with Gasteiger partial charge in [-0.1, -0.05) is 23.2 Å². The van der Waals surface area contributed by atoms with E-state index in [1.807, 2.05) is 0 Å². The maximum absolute atomic E-state index is 10.5. The summed E-state index contributed by atoms with van der Waals surface area (Å²) in [6.07, 6.45) is 0. The van der Waals surface area contributed by atoms with Gasteiger partial charge in [0.05, 0.1) is 7.76 Å². The van der Waals surface area contributed by atoms with Crippen LogP contribution in [0.4, 0.5) is 0 Å². The summed E-state index contributed by atoms with van der Waals surface area (Å²) in [6.45, 7) is 0. The molecule has 1 heterocycles. The Hall–Kier alpha value is -0.800. The fourth-order valence-electron chi connectivity index (χ4n) is 0.483. The van der Waals surface area contributed by atoms with E-state index < -0.39 is 17.7 Å². The zero-order valence-electron chi connectivity index (χ0n) is 7.06. The van der Waals surface area contributed by atoms with E-state index in [2.05, 4.69) is 4.98 Å². The highest BCUT2D eigenvalue weighted by Gasteiger charge is 2.09. The van der Waals surface area contributed by atoms with Crippen LogP contribution in [0, 0.1) is 0 Å². The molecule has 0 aliphatic heterocycles. The third kappa shape index (κ3) is 1.82. The number of hydrogen-bond acceptors (Lipinski definition) is 2. The summed E-state index contributed by atoms with van der Waals surface area (Å²) in [5.74, 6) is -1.37. The van der Waals surface area contributed by atoms with Crippen molar-refractivity contribution >= 4 is 29.2 Å². The van der Waals surface area contributed by atoms with Gasteiger partial charge in [0.15, 0.2) is 5.69 Å². The Kier molecular flexibility index (Phi) is 1.62. The van der Waals surface area contributed by atoms with E-state index in [1.165, 1.54) is 0 Å². The molecule has 5 heteroatoms. The summed E-state index contributed by atoms with van der Waals surface area (Å²) >= 11 is 10.9. The predicted octanol–water partition coefficient (Wildman–Crippen LogP) is 2.09. The first kappa shape index (κ1) is 5.80. The van der Waals surface area contributed by atoms with Gasteiger partial charge in [0.2, 0.25) is 0 Å². The predicted molar refractivity (Wildman–Crippen MR) is 41.2 cm³/mol. The number of aromatic nitrogens is 1. The summed E-state index contributed by atoms with van der Waals surface area (Å²) in [6, 6.07) is -0.810. The number of aromatic carboxylic acids is 1. The van der Waals surface area contributed by atoms with Crippen LogP contribution in [-0.2, 0) is 0 Å². The van der Waals surface area contributed by atoms with Crippen molar-refractivity contribution in [1.82, 2.24) is 4.98 Å². The molecule has 3 nitrogen and oxygen atoms in total. The van der Waals surface area contributed by atoms with E-state index in [0.717, 1.165) is 0 Å². The van der Waals surface area contributed by atoms with Crippen molar-refractivity contribution in [3.05, 3.63) is 28.0 Å². The minimum absolute atomic E-state index is 0.341. The van der Waals surface area contributed by atoms with Crippen molar-refractivity contribution < 1.29 is 12.6 Å². The van der Waals surface area contributed by atoms with Crippen LogP contribution in [-0.4, -0.2) is 16.1 Å². The van der Waals surface area contributed by atoms with Gasteiger partial charge in [-0.2, -0.15) is 0 Å². The number of carboxylic acid groups (broad SMARTS) is 1. The van der Waals surface area contributed by atoms with Crippen LogP contribution in [0.15, 0.2) is 12.1 Å². The van der Waals surface area contributed by atoms with E-state index >= 15 is 0 Å². The monoisotopic (exact) mass is 193 g/mol. The summed E-state index contributed by atoms with van der Waals surface area (Å²) in [5.41, 5.74) is -0.507. The smallest absolute Gasteiger partial charge is 0.356 e. The second-order valence-electron chi connectivity index (χ2n) is 1.62. The Labute approximate surface area is 75.4 Å². The van der Waals surface area contributed by atoms with Crippen LogP contribution in [0.5, 0.6) is 0 Å². The maximum atomic E-state index is 10.5. The third-order valence-corrected chi connectivity index (χ3v) is 1.35. The lowest BCUT2D eigenvalue weighted by Gasteiger charge is -1.96. The molecule has 1 N–H and O–H groups in total. The molecule has 1 rings (SSSR count). The van der Waals surface area contributed by atoms with Crippen molar-refractivity contribution in [2.45, 2.75) is 0 Å². The Morgan fingerprint density at radius 2 is 2.27 bits per heavy atom. The van der Waals surface area contributed by atoms with Crippen LogP contribution in [0.3, 0.4) is 0 Å². The second-order valence-corrected chi connectivity index (χ2v) is 2.36. The van der Waals surface area contributed by atoms with Crippen LogP contribution in [0.1, 0.15) is 13.2 Å². The first-order chi connectivity index (χ1) is 5.95. The average Bonchev–Trinajstić information content (AvgIpc) is 2.07. The molecule has 0 bridgehead atoms. The Balaban J connectivity index is 3.50. The van der Waals surface area contributed by atoms with Gasteiger partial charge < -0.3 is 5.11 Å². The Morgan fingerprint density at radius 3 is 2.82 bits per heavy atom. The molecule has 0 unspecified atom stereocenters. The molecule has 0 aromatic carbocycles. The molecule has 0 saturated heterocycles. The fraction of sp³-hybridized carbons (Fsp3) is 0. The lowest BCUT2D eigenvalue weighted by Crippen LogP contribution is -2.00. The molecule has 0 saturated carbocycles. The van der Waals surface area contributed by atoms with Crippen molar-refractivity contribution in [3.63, 3.8) is 0 Å². The zero-order chi connectivity index (χ0) is 10.2. The average molecular weight is 194 g/mol. The molecule has 1 aromatic rings. The second kappa shape index (κ2) is 3.07. The van der Waals surface area contributed by atoms with E-state index in [0.29, 0.717) is 0 Å². The lowest BCUT2D eigenvalue weighted by molar-refractivity contribution is 0.0690. The number of halogens is 2. The van der Waals surface area contributed by atoms with Crippen LogP contribution >= 0.6 is 23.2 Å². The van der Waals surface area contributed by atoms with Crippen molar-refractivity contribution in [1.29, 1.82) is 0 Å². The molecule has 1 aromatic heterocycles. The number of nitrogens with zero attached hydrogens (tertiary/aromatic N) is 1. The van der Waals surface area contributed by atoms with Gasteiger partial charge in [0.25, 0.3) is 0 Å². The third-order valence-electron chi connectivity index (χ3n) is 0.896. The molecule has 0 fully saturated rings. The van der Waals surface area contributed by atoms with Gasteiger partial charge in [0.1, 0.15) is 5.15 Å². The molecule has 0 aliphatic rings. The number of pyridine rings is 1. The zero-order valence-corrected chi connectivity index (χ0v) is 6.57. The summed E-state index contributed by atoms with van der Waals surface area (Å²) < 4.78 is 14.4. The molecule has 0 spiro atoms. The SMILES string of the molecule is [2H]c1c(Cl)nc(C(=O)O)c(Cl)c1[2H]. The molecule has 0 atom stereocenters. The van der Waals surface area contributed by atoms with Crippen LogP contribution in [0.25, 0.3) is 0 Å². The standard InChI is InChI=1S/C6H3Cl2NO2/c7-3-1-2-4(8)9-5(3)6(10)11/h1-2H,(H,10,11)/i1D,2D. The molecule has 0 amide bonds. The quantitative estimate of drug-likeness (QED) is 0.696. The summed E-state index contributed by atoms with van der Waals surface area (Å²) in [5, 5.41) is 7.84. The maximum Gasteiger partial charge on any atom is 0.356 e. The van der Waals surface area contributed by atoms with Crippen LogP contribution in [0.2, 0.25) is 10.2 Å². The molecular formula is C6H3Cl2NO2. The Bertz CT molecular complexity index is 383. The van der Waals surface area contributed by atoms with Gasteiger partial charge in [0, 0.05) is 0 Å². The van der Waals surface area contributed by atoms with Gasteiger partial charge in [-0.25, -0.2) is 9.78 Å². The highest BCUT2D eigenvalue weighted by atomic mass is 35.5. The molecule has 0 aliphatic carbocycles. The lowest BCUT2D eigenvalue weighted by atomic mass is 10.3. The van der Waals surface area contributed by atoms with Crippen molar-refractivity contribution in [2.75, 3.05) is 0 Å². The minimum atomic E-state index is -1.37. The van der Waals surface area contributed by atoms with Crippen LogP contribution < -0.4 is 0 Å². The van der Waals surface area contributed by atoms with Crippen molar-refractivity contribution in [3.8, 4) is 0 Å². The minimum Gasteiger partial charge on any atom is -0.476 e. The van der Waals surface area contributed by atoms with Gasteiger partial charge >= 0.3 is 5.97 Å². The molecule has 11 heavy (non-hydrogen) atoms.